The van der Waals surface area contributed by atoms with Crippen LogP contribution in [0.15, 0.2) is 18.2 Å². The van der Waals surface area contributed by atoms with E-state index in [1.165, 1.54) is 18.2 Å². The number of benzene rings is 1. The molecule has 2 saturated heterocycles. The van der Waals surface area contributed by atoms with E-state index in [9.17, 15) is 18.8 Å². The van der Waals surface area contributed by atoms with Crippen LogP contribution in [0.4, 0.5) is 4.39 Å². The Hall–Kier alpha value is -2.15. The number of nitrogens with zero attached hydrogens (tertiary/aromatic N) is 2. The fourth-order valence-corrected chi connectivity index (χ4v) is 4.12. The standard InChI is InChI=1S/C20H25ClFN3O3/c1-12(2)25-11-13(10-17(25)26)20(28)24-8-6-14(7-9-24)23-19(27)18-15(21)4-3-5-16(18)22/h3-5,12-14H,6-11H2,1-2H3,(H,23,27). The average molecular weight is 410 g/mol. The van der Waals surface area contributed by atoms with Crippen LogP contribution in [0.1, 0.15) is 43.5 Å². The Morgan fingerprint density at radius 3 is 2.50 bits per heavy atom. The molecule has 3 rings (SSSR count). The summed E-state index contributed by atoms with van der Waals surface area (Å²) in [5.74, 6) is -1.46. The van der Waals surface area contributed by atoms with Crippen LogP contribution in [0.2, 0.25) is 5.02 Å². The lowest BCUT2D eigenvalue weighted by Crippen LogP contribution is -2.48. The highest BCUT2D eigenvalue weighted by atomic mass is 35.5. The third-order valence-electron chi connectivity index (χ3n) is 5.46. The number of carbonyl (C=O) groups is 3. The Morgan fingerprint density at radius 1 is 1.25 bits per heavy atom. The zero-order valence-corrected chi connectivity index (χ0v) is 16.8. The Bertz CT molecular complexity index is 758. The largest absolute Gasteiger partial charge is 0.349 e. The number of carbonyl (C=O) groups excluding carboxylic acids is 3. The maximum Gasteiger partial charge on any atom is 0.255 e. The van der Waals surface area contributed by atoms with Crippen molar-refractivity contribution in [3.05, 3.63) is 34.6 Å². The lowest BCUT2D eigenvalue weighted by Gasteiger charge is -2.34. The lowest BCUT2D eigenvalue weighted by molar-refractivity contribution is -0.136. The highest BCUT2D eigenvalue weighted by Gasteiger charge is 2.38. The smallest absolute Gasteiger partial charge is 0.255 e. The summed E-state index contributed by atoms with van der Waals surface area (Å²) in [5, 5.41) is 2.89. The van der Waals surface area contributed by atoms with Gasteiger partial charge in [0.15, 0.2) is 0 Å². The number of amides is 3. The third-order valence-corrected chi connectivity index (χ3v) is 5.78. The number of rotatable bonds is 4. The number of nitrogens with one attached hydrogen (secondary N) is 1. The molecule has 1 aromatic rings. The molecule has 1 aromatic carbocycles. The number of likely N-dealkylation sites (tertiary alicyclic amines) is 2. The minimum Gasteiger partial charge on any atom is -0.349 e. The van der Waals surface area contributed by atoms with E-state index in [-0.39, 0.29) is 46.8 Å². The van der Waals surface area contributed by atoms with Gasteiger partial charge in [-0.25, -0.2) is 4.39 Å². The molecule has 6 nitrogen and oxygen atoms in total. The average Bonchev–Trinajstić information content (AvgIpc) is 3.03. The Labute approximate surface area is 169 Å². The molecule has 8 heteroatoms. The van der Waals surface area contributed by atoms with Crippen molar-refractivity contribution < 1.29 is 18.8 Å². The molecule has 2 heterocycles. The van der Waals surface area contributed by atoms with Crippen molar-refractivity contribution in [3.63, 3.8) is 0 Å². The Balaban J connectivity index is 1.53. The van der Waals surface area contributed by atoms with Crippen LogP contribution in [0, 0.1) is 11.7 Å². The van der Waals surface area contributed by atoms with Gasteiger partial charge >= 0.3 is 0 Å². The Morgan fingerprint density at radius 2 is 1.93 bits per heavy atom. The van der Waals surface area contributed by atoms with Gasteiger partial charge in [0.1, 0.15) is 5.82 Å². The lowest BCUT2D eigenvalue weighted by atomic mass is 10.0. The Kier molecular flexibility index (Phi) is 6.23. The molecular weight excluding hydrogens is 385 g/mol. The van der Waals surface area contributed by atoms with Crippen molar-refractivity contribution in [2.45, 2.75) is 45.2 Å². The summed E-state index contributed by atoms with van der Waals surface area (Å²) >= 11 is 5.94. The van der Waals surface area contributed by atoms with Gasteiger partial charge in [0, 0.05) is 38.1 Å². The second-order valence-electron chi connectivity index (χ2n) is 7.71. The van der Waals surface area contributed by atoms with Gasteiger partial charge in [0.25, 0.3) is 5.91 Å². The maximum atomic E-state index is 13.9. The van der Waals surface area contributed by atoms with Crippen LogP contribution < -0.4 is 5.32 Å². The summed E-state index contributed by atoms with van der Waals surface area (Å²) in [5.41, 5.74) is -0.152. The summed E-state index contributed by atoms with van der Waals surface area (Å²) in [6, 6.07) is 4.07. The van der Waals surface area contributed by atoms with Crippen LogP contribution in [0.25, 0.3) is 0 Å². The van der Waals surface area contributed by atoms with Crippen molar-refractivity contribution in [2.24, 2.45) is 5.92 Å². The topological polar surface area (TPSA) is 69.7 Å². The SMILES string of the molecule is CC(C)N1CC(C(=O)N2CCC(NC(=O)c3c(F)cccc3Cl)CC2)CC1=O. The highest BCUT2D eigenvalue weighted by Crippen LogP contribution is 2.24. The monoisotopic (exact) mass is 409 g/mol. The van der Waals surface area contributed by atoms with Gasteiger partial charge in [-0.1, -0.05) is 17.7 Å². The first-order valence-electron chi connectivity index (χ1n) is 9.61. The predicted molar refractivity (Wildman–Crippen MR) is 103 cm³/mol. The van der Waals surface area contributed by atoms with Crippen LogP contribution >= 0.6 is 11.6 Å². The zero-order valence-electron chi connectivity index (χ0n) is 16.1. The molecule has 3 amide bonds. The third kappa shape index (κ3) is 4.29. The van der Waals surface area contributed by atoms with E-state index in [2.05, 4.69) is 5.32 Å². The number of halogens is 2. The molecule has 0 bridgehead atoms. The molecule has 0 spiro atoms. The quantitative estimate of drug-likeness (QED) is 0.830. The molecule has 1 atom stereocenters. The molecular formula is C20H25ClFN3O3. The fraction of sp³-hybridized carbons (Fsp3) is 0.550. The zero-order chi connectivity index (χ0) is 20.4. The van der Waals surface area contributed by atoms with E-state index in [1.54, 1.807) is 9.80 Å². The fourth-order valence-electron chi connectivity index (χ4n) is 3.87. The number of hydrogen-bond donors (Lipinski definition) is 1. The van der Waals surface area contributed by atoms with Gasteiger partial charge < -0.3 is 15.1 Å². The van der Waals surface area contributed by atoms with E-state index in [0.717, 1.165) is 0 Å². The van der Waals surface area contributed by atoms with Gasteiger partial charge in [0.05, 0.1) is 16.5 Å². The predicted octanol–water partition coefficient (Wildman–Crippen LogP) is 2.46. The molecule has 2 fully saturated rings. The molecule has 0 aromatic heterocycles. The summed E-state index contributed by atoms with van der Waals surface area (Å²) in [6.07, 6.45) is 1.43. The highest BCUT2D eigenvalue weighted by molar-refractivity contribution is 6.33. The first kappa shape index (κ1) is 20.6. The van der Waals surface area contributed by atoms with Crippen molar-refractivity contribution in [1.82, 2.24) is 15.1 Å². The number of piperidine rings is 1. The van der Waals surface area contributed by atoms with E-state index in [4.69, 9.17) is 11.6 Å². The van der Waals surface area contributed by atoms with E-state index in [0.29, 0.717) is 32.5 Å². The minimum absolute atomic E-state index is 0.00146. The molecule has 0 aliphatic carbocycles. The summed E-state index contributed by atoms with van der Waals surface area (Å²) < 4.78 is 13.9. The molecule has 2 aliphatic heterocycles. The van der Waals surface area contributed by atoms with Crippen molar-refractivity contribution >= 4 is 29.3 Å². The second-order valence-corrected chi connectivity index (χ2v) is 8.12. The van der Waals surface area contributed by atoms with Crippen LogP contribution in [-0.4, -0.2) is 59.2 Å². The van der Waals surface area contributed by atoms with Crippen molar-refractivity contribution in [2.75, 3.05) is 19.6 Å². The first-order chi connectivity index (χ1) is 13.3. The van der Waals surface area contributed by atoms with Crippen molar-refractivity contribution in [1.29, 1.82) is 0 Å². The summed E-state index contributed by atoms with van der Waals surface area (Å²) in [6.45, 7) is 5.36. The molecule has 152 valence electrons. The molecule has 1 N–H and O–H groups in total. The summed E-state index contributed by atoms with van der Waals surface area (Å²) in [4.78, 5) is 40.7. The van der Waals surface area contributed by atoms with Crippen LogP contribution in [0.3, 0.4) is 0 Å². The van der Waals surface area contributed by atoms with E-state index in [1.807, 2.05) is 13.8 Å². The normalized spacial score (nSPS) is 20.8. The van der Waals surface area contributed by atoms with Crippen LogP contribution in [0.5, 0.6) is 0 Å². The van der Waals surface area contributed by atoms with Gasteiger partial charge in [-0.3, -0.25) is 14.4 Å². The van der Waals surface area contributed by atoms with Crippen molar-refractivity contribution in [3.8, 4) is 0 Å². The first-order valence-corrected chi connectivity index (χ1v) is 9.99. The minimum atomic E-state index is -0.654. The molecule has 0 radical (unpaired) electrons. The van der Waals surface area contributed by atoms with E-state index < -0.39 is 11.7 Å². The second kappa shape index (κ2) is 8.47. The van der Waals surface area contributed by atoms with Gasteiger partial charge in [-0.2, -0.15) is 0 Å². The van der Waals surface area contributed by atoms with E-state index >= 15 is 0 Å². The number of hydrogen-bond acceptors (Lipinski definition) is 3. The maximum absolute atomic E-state index is 13.9. The van der Waals surface area contributed by atoms with Gasteiger partial charge in [-0.15, -0.1) is 0 Å². The summed E-state index contributed by atoms with van der Waals surface area (Å²) in [7, 11) is 0. The van der Waals surface area contributed by atoms with Gasteiger partial charge in [-0.05, 0) is 38.8 Å². The molecule has 28 heavy (non-hydrogen) atoms. The molecule has 0 saturated carbocycles. The van der Waals surface area contributed by atoms with Gasteiger partial charge in [0.2, 0.25) is 11.8 Å². The van der Waals surface area contributed by atoms with Crippen LogP contribution in [-0.2, 0) is 9.59 Å². The molecule has 1 unspecified atom stereocenters. The molecule has 2 aliphatic rings.